The van der Waals surface area contributed by atoms with Crippen molar-refractivity contribution >= 4 is 11.6 Å². The monoisotopic (exact) mass is 223 g/mol. The summed E-state index contributed by atoms with van der Waals surface area (Å²) in [6.45, 7) is 5.33. The number of likely N-dealkylation sites (N-methyl/N-ethyl adjacent to an activating group) is 1. The number of anilines is 2. The molecule has 16 heavy (non-hydrogen) atoms. The number of rotatable bonds is 5. The Hall–Kier alpha value is -1.36. The second-order valence-electron chi connectivity index (χ2n) is 4.60. The number of nitrogens with zero attached hydrogens (tertiary/aromatic N) is 3. The van der Waals surface area contributed by atoms with Crippen molar-refractivity contribution in [2.45, 2.75) is 19.9 Å². The van der Waals surface area contributed by atoms with Crippen molar-refractivity contribution in [3.05, 3.63) is 12.1 Å². The molecule has 1 atom stereocenters. The molecular formula is C11H21N5. The van der Waals surface area contributed by atoms with Crippen LogP contribution in [0.25, 0.3) is 0 Å². The maximum atomic E-state index is 5.49. The van der Waals surface area contributed by atoms with Gasteiger partial charge in [-0.15, -0.1) is 10.2 Å². The highest BCUT2D eigenvalue weighted by Crippen LogP contribution is 2.11. The molecule has 0 bridgehead atoms. The predicted molar refractivity (Wildman–Crippen MR) is 67.2 cm³/mol. The Morgan fingerprint density at radius 2 is 2.00 bits per heavy atom. The fourth-order valence-corrected chi connectivity index (χ4v) is 1.43. The number of hydrogen-bond acceptors (Lipinski definition) is 5. The van der Waals surface area contributed by atoms with Crippen LogP contribution in [0.2, 0.25) is 0 Å². The molecule has 0 saturated carbocycles. The van der Waals surface area contributed by atoms with Crippen molar-refractivity contribution in [2.75, 3.05) is 31.7 Å². The van der Waals surface area contributed by atoms with Crippen LogP contribution in [-0.4, -0.2) is 41.8 Å². The lowest BCUT2D eigenvalue weighted by atomic mass is 10.0. The summed E-state index contributed by atoms with van der Waals surface area (Å²) in [5.41, 5.74) is 5.49. The minimum atomic E-state index is 0.355. The summed E-state index contributed by atoms with van der Waals surface area (Å²) in [7, 11) is 4.12. The van der Waals surface area contributed by atoms with Crippen molar-refractivity contribution in [1.29, 1.82) is 0 Å². The Bertz CT molecular complexity index is 307. The molecular weight excluding hydrogens is 202 g/mol. The molecule has 1 aromatic rings. The normalized spacial score (nSPS) is 13.1. The van der Waals surface area contributed by atoms with Crippen molar-refractivity contribution in [1.82, 2.24) is 15.1 Å². The van der Waals surface area contributed by atoms with E-state index in [1.165, 1.54) is 0 Å². The zero-order chi connectivity index (χ0) is 12.1. The number of nitrogens with one attached hydrogen (secondary N) is 1. The summed E-state index contributed by atoms with van der Waals surface area (Å²) >= 11 is 0. The molecule has 1 aromatic heterocycles. The first-order valence-corrected chi connectivity index (χ1v) is 5.49. The SMILES string of the molecule is CC(C)C(CN(C)C)Nc1ccc(N)nn1. The lowest BCUT2D eigenvalue weighted by Gasteiger charge is -2.25. The molecule has 90 valence electrons. The Kier molecular flexibility index (Phi) is 4.49. The van der Waals surface area contributed by atoms with Crippen molar-refractivity contribution in [3.63, 3.8) is 0 Å². The van der Waals surface area contributed by atoms with Gasteiger partial charge in [0.1, 0.15) is 11.6 Å². The second-order valence-corrected chi connectivity index (χ2v) is 4.60. The van der Waals surface area contributed by atoms with E-state index in [0.29, 0.717) is 17.8 Å². The molecule has 1 heterocycles. The van der Waals surface area contributed by atoms with Gasteiger partial charge in [0, 0.05) is 12.6 Å². The third kappa shape index (κ3) is 4.02. The summed E-state index contributed by atoms with van der Waals surface area (Å²) < 4.78 is 0. The Morgan fingerprint density at radius 3 is 2.44 bits per heavy atom. The largest absolute Gasteiger partial charge is 0.382 e. The summed E-state index contributed by atoms with van der Waals surface area (Å²) in [6, 6.07) is 3.96. The first-order valence-electron chi connectivity index (χ1n) is 5.49. The van der Waals surface area contributed by atoms with Crippen LogP contribution >= 0.6 is 0 Å². The average Bonchev–Trinajstić information content (AvgIpc) is 2.19. The van der Waals surface area contributed by atoms with Crippen LogP contribution in [0.5, 0.6) is 0 Å². The second kappa shape index (κ2) is 5.65. The van der Waals surface area contributed by atoms with Gasteiger partial charge in [0.25, 0.3) is 0 Å². The third-order valence-electron chi connectivity index (χ3n) is 2.39. The lowest BCUT2D eigenvalue weighted by Crippen LogP contribution is -2.36. The average molecular weight is 223 g/mol. The van der Waals surface area contributed by atoms with E-state index in [9.17, 15) is 0 Å². The van der Waals surface area contributed by atoms with Gasteiger partial charge in [0.15, 0.2) is 0 Å². The molecule has 0 saturated heterocycles. The van der Waals surface area contributed by atoms with Gasteiger partial charge in [-0.1, -0.05) is 13.8 Å². The van der Waals surface area contributed by atoms with Crippen molar-refractivity contribution in [3.8, 4) is 0 Å². The van der Waals surface area contributed by atoms with E-state index < -0.39 is 0 Å². The Labute approximate surface area is 97.0 Å². The molecule has 5 heteroatoms. The van der Waals surface area contributed by atoms with Crippen LogP contribution in [0, 0.1) is 5.92 Å². The molecule has 0 aromatic carbocycles. The van der Waals surface area contributed by atoms with Crippen LogP contribution in [-0.2, 0) is 0 Å². The van der Waals surface area contributed by atoms with E-state index in [4.69, 9.17) is 5.73 Å². The minimum absolute atomic E-state index is 0.355. The molecule has 0 aliphatic heterocycles. The van der Waals surface area contributed by atoms with Crippen molar-refractivity contribution < 1.29 is 0 Å². The van der Waals surface area contributed by atoms with E-state index in [0.717, 1.165) is 12.4 Å². The molecule has 0 radical (unpaired) electrons. The van der Waals surface area contributed by atoms with Gasteiger partial charge in [0.2, 0.25) is 0 Å². The van der Waals surface area contributed by atoms with Gasteiger partial charge in [-0.2, -0.15) is 0 Å². The van der Waals surface area contributed by atoms with Crippen molar-refractivity contribution in [2.24, 2.45) is 5.92 Å². The smallest absolute Gasteiger partial charge is 0.149 e. The van der Waals surface area contributed by atoms with Gasteiger partial charge in [-0.3, -0.25) is 0 Å². The molecule has 0 amide bonds. The fourth-order valence-electron chi connectivity index (χ4n) is 1.43. The molecule has 0 fully saturated rings. The first kappa shape index (κ1) is 12.7. The predicted octanol–water partition coefficient (Wildman–Crippen LogP) is 1.06. The quantitative estimate of drug-likeness (QED) is 0.781. The summed E-state index contributed by atoms with van der Waals surface area (Å²) in [4.78, 5) is 2.16. The van der Waals surface area contributed by atoms with Crippen LogP contribution in [0.4, 0.5) is 11.6 Å². The van der Waals surface area contributed by atoms with E-state index in [2.05, 4.69) is 48.4 Å². The molecule has 1 unspecified atom stereocenters. The maximum absolute atomic E-state index is 5.49. The maximum Gasteiger partial charge on any atom is 0.149 e. The van der Waals surface area contributed by atoms with Gasteiger partial charge >= 0.3 is 0 Å². The van der Waals surface area contributed by atoms with Gasteiger partial charge in [-0.25, -0.2) is 0 Å². The lowest BCUT2D eigenvalue weighted by molar-refractivity contribution is 0.344. The number of nitrogen functional groups attached to an aromatic ring is 1. The number of hydrogen-bond donors (Lipinski definition) is 2. The summed E-state index contributed by atoms with van der Waals surface area (Å²) in [5.74, 6) is 1.75. The molecule has 0 spiro atoms. The zero-order valence-electron chi connectivity index (χ0n) is 10.4. The topological polar surface area (TPSA) is 67.1 Å². The zero-order valence-corrected chi connectivity index (χ0v) is 10.4. The molecule has 0 aliphatic rings. The highest BCUT2D eigenvalue weighted by atomic mass is 15.2. The first-order chi connectivity index (χ1) is 7.49. The summed E-state index contributed by atoms with van der Waals surface area (Å²) in [5, 5.41) is 11.2. The van der Waals surface area contributed by atoms with E-state index in [1.54, 1.807) is 6.07 Å². The Balaban J connectivity index is 2.64. The van der Waals surface area contributed by atoms with Gasteiger partial charge in [0.05, 0.1) is 0 Å². The van der Waals surface area contributed by atoms with Gasteiger partial charge in [-0.05, 0) is 32.1 Å². The minimum Gasteiger partial charge on any atom is -0.382 e. The molecule has 5 nitrogen and oxygen atoms in total. The highest BCUT2D eigenvalue weighted by Gasteiger charge is 2.14. The van der Waals surface area contributed by atoms with Crippen LogP contribution in [0.3, 0.4) is 0 Å². The summed E-state index contributed by atoms with van der Waals surface area (Å²) in [6.07, 6.45) is 0. The Morgan fingerprint density at radius 1 is 1.31 bits per heavy atom. The van der Waals surface area contributed by atoms with E-state index in [-0.39, 0.29) is 0 Å². The molecule has 3 N–H and O–H groups in total. The highest BCUT2D eigenvalue weighted by molar-refractivity contribution is 5.39. The third-order valence-corrected chi connectivity index (χ3v) is 2.39. The molecule has 0 aliphatic carbocycles. The number of aromatic nitrogens is 2. The standard InChI is InChI=1S/C11H21N5/c1-8(2)9(7-16(3)4)13-11-6-5-10(12)14-15-11/h5-6,8-9H,7H2,1-4H3,(H2,12,14)(H,13,15). The van der Waals surface area contributed by atoms with E-state index >= 15 is 0 Å². The van der Waals surface area contributed by atoms with Crippen LogP contribution in [0.15, 0.2) is 12.1 Å². The van der Waals surface area contributed by atoms with Crippen LogP contribution < -0.4 is 11.1 Å². The van der Waals surface area contributed by atoms with Gasteiger partial charge < -0.3 is 16.0 Å². The van der Waals surface area contributed by atoms with E-state index in [1.807, 2.05) is 6.07 Å². The molecule has 1 rings (SSSR count). The van der Waals surface area contributed by atoms with Crippen LogP contribution in [0.1, 0.15) is 13.8 Å². The fraction of sp³-hybridized carbons (Fsp3) is 0.636. The number of nitrogens with two attached hydrogens (primary N) is 1.